The molecule has 0 saturated carbocycles. The lowest BCUT2D eigenvalue weighted by Gasteiger charge is -2.24. The molecular formula is C42H38N2O4+2. The van der Waals surface area contributed by atoms with Crippen molar-refractivity contribution in [3.8, 4) is 0 Å². The van der Waals surface area contributed by atoms with Gasteiger partial charge in [0.15, 0.2) is 12.4 Å². The van der Waals surface area contributed by atoms with E-state index in [0.717, 1.165) is 71.7 Å². The van der Waals surface area contributed by atoms with Crippen LogP contribution in [-0.4, -0.2) is 21.8 Å². The minimum Gasteiger partial charge on any atom is -0.506 e. The third kappa shape index (κ3) is 5.33. The maximum atomic E-state index is 13.4. The topological polar surface area (TPSA) is 82.4 Å². The summed E-state index contributed by atoms with van der Waals surface area (Å²) in [5.74, 6) is -0.672. The molecule has 5 aromatic rings. The lowest BCUT2D eigenvalue weighted by atomic mass is 9.79. The van der Waals surface area contributed by atoms with E-state index in [0.29, 0.717) is 11.1 Å². The molecule has 6 heteroatoms. The van der Waals surface area contributed by atoms with Crippen LogP contribution in [0, 0.1) is 0 Å². The summed E-state index contributed by atoms with van der Waals surface area (Å²) < 4.78 is 4.43. The summed E-state index contributed by atoms with van der Waals surface area (Å²) in [5, 5.41) is 24.2. The van der Waals surface area contributed by atoms with E-state index in [1.165, 1.54) is 0 Å². The van der Waals surface area contributed by atoms with Crippen LogP contribution in [0.1, 0.15) is 61.8 Å². The molecule has 0 atom stereocenters. The maximum absolute atomic E-state index is 13.4. The summed E-state index contributed by atoms with van der Waals surface area (Å²) in [6.07, 6.45) is 11.9. The molecule has 0 fully saturated rings. The molecule has 0 radical (unpaired) electrons. The van der Waals surface area contributed by atoms with Gasteiger partial charge in [0, 0.05) is 37.1 Å². The van der Waals surface area contributed by atoms with Gasteiger partial charge in [-0.15, -0.1) is 0 Å². The number of aromatic nitrogens is 2. The second-order valence-electron chi connectivity index (χ2n) is 12.5. The number of pyridine rings is 2. The zero-order valence-electron chi connectivity index (χ0n) is 27.2. The summed E-state index contributed by atoms with van der Waals surface area (Å²) in [6, 6.07) is 27.0. The van der Waals surface area contributed by atoms with Gasteiger partial charge < -0.3 is 10.2 Å². The van der Waals surface area contributed by atoms with Crippen LogP contribution in [0.2, 0.25) is 0 Å². The van der Waals surface area contributed by atoms with Crippen molar-refractivity contribution in [1.82, 2.24) is 0 Å². The van der Waals surface area contributed by atoms with Crippen molar-refractivity contribution in [1.29, 1.82) is 0 Å². The standard InChI is InChI=1S/C42H36N2O4/c1-3-5-20-43-22-18-27(31-14-7-9-16-35(31)43)25-33-39(45)37(40(33)46)29-12-11-13-30(24-29)38-41(47)34(42(38)48)26-28-19-23-44(21-6-4-2)36-17-10-8-15-32(28)36/h7-19,22-26H,3-6,20-21H2,1-2H3/p+2. The molecule has 7 rings (SSSR count). The first-order chi connectivity index (χ1) is 23.4. The predicted molar refractivity (Wildman–Crippen MR) is 190 cm³/mol. The highest BCUT2D eigenvalue weighted by Gasteiger charge is 2.38. The molecule has 2 N–H and O–H groups in total. The molecule has 2 aliphatic carbocycles. The number of allylic oxidation sites excluding steroid dienone is 4. The third-order valence-corrected chi connectivity index (χ3v) is 9.39. The summed E-state index contributed by atoms with van der Waals surface area (Å²) in [4.78, 5) is 26.9. The van der Waals surface area contributed by atoms with E-state index in [1.54, 1.807) is 36.4 Å². The number of carbonyl (C=O) groups excluding carboxylic acids is 2. The highest BCUT2D eigenvalue weighted by molar-refractivity contribution is 6.42. The number of rotatable bonds is 10. The van der Waals surface area contributed by atoms with Crippen LogP contribution in [0.5, 0.6) is 0 Å². The number of ketones is 2. The Balaban J connectivity index is 1.19. The molecule has 2 aromatic heterocycles. The smallest absolute Gasteiger partial charge is 0.213 e. The minimum absolute atomic E-state index is 0.0743. The van der Waals surface area contributed by atoms with Crippen LogP contribution < -0.4 is 9.13 Å². The Morgan fingerprint density at radius 1 is 0.583 bits per heavy atom. The largest absolute Gasteiger partial charge is 0.506 e. The summed E-state index contributed by atoms with van der Waals surface area (Å²) in [7, 11) is 0. The number of Topliss-reactive ketones (excluding diaryl/α,β-unsaturated/α-hetero) is 2. The van der Waals surface area contributed by atoms with Gasteiger partial charge in [-0.05, 0) is 52.6 Å². The summed E-state index contributed by atoms with van der Waals surface area (Å²) in [6.45, 7) is 6.15. The third-order valence-electron chi connectivity index (χ3n) is 9.39. The molecule has 2 aliphatic rings. The van der Waals surface area contributed by atoms with Gasteiger partial charge in [0.25, 0.3) is 0 Å². The monoisotopic (exact) mass is 634 g/mol. The number of unbranched alkanes of at least 4 members (excludes halogenated alkanes) is 2. The van der Waals surface area contributed by atoms with Gasteiger partial charge >= 0.3 is 0 Å². The number of aryl methyl sites for hydroxylation is 2. The average Bonchev–Trinajstić information content (AvgIpc) is 3.12. The highest BCUT2D eigenvalue weighted by atomic mass is 16.3. The van der Waals surface area contributed by atoms with E-state index in [2.05, 4.69) is 35.1 Å². The van der Waals surface area contributed by atoms with Crippen molar-refractivity contribution in [3.63, 3.8) is 0 Å². The molecule has 6 nitrogen and oxygen atoms in total. The van der Waals surface area contributed by atoms with Crippen LogP contribution in [0.25, 0.3) is 45.1 Å². The first-order valence-electron chi connectivity index (χ1n) is 16.7. The number of benzene rings is 3. The van der Waals surface area contributed by atoms with Crippen LogP contribution in [0.3, 0.4) is 0 Å². The Labute approximate surface area is 279 Å². The molecule has 0 spiro atoms. The Morgan fingerprint density at radius 2 is 1.02 bits per heavy atom. The van der Waals surface area contributed by atoms with E-state index < -0.39 is 0 Å². The van der Waals surface area contributed by atoms with Crippen molar-refractivity contribution in [3.05, 3.63) is 142 Å². The number of aliphatic hydroxyl groups is 2. The van der Waals surface area contributed by atoms with E-state index >= 15 is 0 Å². The SMILES string of the molecule is CCCC[n+]1ccc(/C=C2/C(=O)C(c3cccc(C4=C(O)/C(=C\c5cc[n+](CCCC)c6ccccc56)C4=O)c3)=C2O)c2ccccc21. The molecular weight excluding hydrogens is 596 g/mol. The molecule has 0 bridgehead atoms. The van der Waals surface area contributed by atoms with E-state index in [4.69, 9.17) is 0 Å². The molecule has 2 heterocycles. The number of hydrogen-bond acceptors (Lipinski definition) is 4. The van der Waals surface area contributed by atoms with Gasteiger partial charge in [0.05, 0.1) is 33.1 Å². The number of carbonyl (C=O) groups is 2. The number of hydrogen-bond donors (Lipinski definition) is 2. The van der Waals surface area contributed by atoms with Crippen LogP contribution in [0.15, 0.2) is 120 Å². The molecule has 0 amide bonds. The van der Waals surface area contributed by atoms with Gasteiger partial charge in [-0.1, -0.05) is 69.2 Å². The first-order valence-corrected chi connectivity index (χ1v) is 16.7. The van der Waals surface area contributed by atoms with E-state index in [1.807, 2.05) is 60.9 Å². The van der Waals surface area contributed by atoms with E-state index in [9.17, 15) is 19.8 Å². The molecule has 48 heavy (non-hydrogen) atoms. The van der Waals surface area contributed by atoms with Gasteiger partial charge in [-0.3, -0.25) is 9.59 Å². The average molecular weight is 635 g/mol. The number of fused-ring (bicyclic) bond motifs is 2. The van der Waals surface area contributed by atoms with Crippen molar-refractivity contribution in [2.75, 3.05) is 0 Å². The number of para-hydroxylation sites is 2. The Hall–Kier alpha value is -5.62. The van der Waals surface area contributed by atoms with Crippen molar-refractivity contribution in [2.24, 2.45) is 0 Å². The fraction of sp³-hybridized carbons (Fsp3) is 0.190. The second-order valence-corrected chi connectivity index (χ2v) is 12.5. The number of nitrogens with zero attached hydrogens (tertiary/aromatic N) is 2. The Morgan fingerprint density at radius 3 is 1.44 bits per heavy atom. The molecule has 0 unspecified atom stereocenters. The molecule has 3 aromatic carbocycles. The molecule has 0 aliphatic heterocycles. The van der Waals surface area contributed by atoms with Gasteiger partial charge in [0.2, 0.25) is 22.6 Å². The Bertz CT molecular complexity index is 2110. The second kappa shape index (κ2) is 12.9. The zero-order chi connectivity index (χ0) is 33.4. The number of aliphatic hydroxyl groups excluding tert-OH is 2. The van der Waals surface area contributed by atoms with Crippen LogP contribution in [-0.2, 0) is 22.7 Å². The minimum atomic E-state index is -0.262. The summed E-state index contributed by atoms with van der Waals surface area (Å²) in [5.41, 5.74) is 5.78. The van der Waals surface area contributed by atoms with Crippen LogP contribution in [0.4, 0.5) is 0 Å². The fourth-order valence-electron chi connectivity index (χ4n) is 6.70. The van der Waals surface area contributed by atoms with E-state index in [-0.39, 0.29) is 45.4 Å². The zero-order valence-corrected chi connectivity index (χ0v) is 27.2. The van der Waals surface area contributed by atoms with Crippen LogP contribution >= 0.6 is 0 Å². The van der Waals surface area contributed by atoms with Gasteiger partial charge in [-0.2, -0.15) is 9.13 Å². The normalized spacial score (nSPS) is 16.4. The first kappa shape index (κ1) is 31.0. The van der Waals surface area contributed by atoms with Crippen molar-refractivity contribution < 1.29 is 28.9 Å². The predicted octanol–water partition coefficient (Wildman–Crippen LogP) is 8.04. The van der Waals surface area contributed by atoms with Gasteiger partial charge in [0.1, 0.15) is 24.6 Å². The highest BCUT2D eigenvalue weighted by Crippen LogP contribution is 2.41. The quantitative estimate of drug-likeness (QED) is 0.120. The summed E-state index contributed by atoms with van der Waals surface area (Å²) >= 11 is 0. The Kier molecular flexibility index (Phi) is 8.32. The maximum Gasteiger partial charge on any atom is 0.213 e. The molecule has 0 saturated heterocycles. The fourth-order valence-corrected chi connectivity index (χ4v) is 6.70. The van der Waals surface area contributed by atoms with Crippen molar-refractivity contribution in [2.45, 2.75) is 52.6 Å². The molecule has 238 valence electrons. The lowest BCUT2D eigenvalue weighted by molar-refractivity contribution is -0.672. The lowest BCUT2D eigenvalue weighted by Crippen LogP contribution is -2.34. The van der Waals surface area contributed by atoms with Gasteiger partial charge in [-0.25, -0.2) is 0 Å². The van der Waals surface area contributed by atoms with Crippen molar-refractivity contribution >= 4 is 56.7 Å².